The van der Waals surface area contributed by atoms with Crippen molar-refractivity contribution < 1.29 is 18.3 Å². The highest BCUT2D eigenvalue weighted by atomic mass is 32.2. The number of rotatable bonds is 8. The summed E-state index contributed by atoms with van der Waals surface area (Å²) in [4.78, 5) is 12.7. The number of phenols is 1. The van der Waals surface area contributed by atoms with E-state index in [1.165, 1.54) is 40.9 Å². The lowest BCUT2D eigenvalue weighted by molar-refractivity contribution is 0.0955. The number of carbonyl (C=O) groups excluding carboxylic acids is 1. The summed E-state index contributed by atoms with van der Waals surface area (Å²) in [6, 6.07) is 25.2. The van der Waals surface area contributed by atoms with Crippen LogP contribution in [-0.4, -0.2) is 32.2 Å². The Morgan fingerprint density at radius 3 is 2.34 bits per heavy atom. The molecule has 1 amide bonds. The van der Waals surface area contributed by atoms with Crippen LogP contribution in [0.15, 0.2) is 114 Å². The van der Waals surface area contributed by atoms with E-state index < -0.39 is 15.9 Å². The fourth-order valence-corrected chi connectivity index (χ4v) is 5.05. The lowest BCUT2D eigenvalue weighted by atomic mass is 10.0. The predicted molar refractivity (Wildman–Crippen MR) is 138 cm³/mol. The molecule has 0 unspecified atom stereocenters. The molecule has 0 saturated carbocycles. The standard InChI is InChI=1S/C27H23N3O4S/c1-2-18-30(35(33,34)23-9-4-3-5-10-23)22-15-12-21(13-16-22)27(32)29-28-19-25-24-11-7-6-8-20(24)14-17-26(25)31/h2-17,19,31H,1,18H2,(H,29,32)/b28-19-. The Balaban J connectivity index is 1.52. The number of nitrogens with zero attached hydrogens (tertiary/aromatic N) is 2. The van der Waals surface area contributed by atoms with E-state index in [0.717, 1.165) is 10.8 Å². The normalized spacial score (nSPS) is 11.4. The molecule has 0 saturated heterocycles. The molecule has 0 fully saturated rings. The van der Waals surface area contributed by atoms with Crippen molar-refractivity contribution in [1.82, 2.24) is 5.43 Å². The Labute approximate surface area is 203 Å². The molecule has 2 N–H and O–H groups in total. The van der Waals surface area contributed by atoms with Gasteiger partial charge in [0, 0.05) is 11.1 Å². The van der Waals surface area contributed by atoms with Crippen molar-refractivity contribution in [3.05, 3.63) is 115 Å². The van der Waals surface area contributed by atoms with Gasteiger partial charge in [-0.3, -0.25) is 9.10 Å². The van der Waals surface area contributed by atoms with Gasteiger partial charge in [0.2, 0.25) is 0 Å². The van der Waals surface area contributed by atoms with Crippen LogP contribution in [0.1, 0.15) is 15.9 Å². The van der Waals surface area contributed by atoms with Gasteiger partial charge < -0.3 is 5.11 Å². The largest absolute Gasteiger partial charge is 0.507 e. The molecule has 0 heterocycles. The van der Waals surface area contributed by atoms with Gasteiger partial charge in [-0.15, -0.1) is 6.58 Å². The number of phenolic OH excluding ortho intramolecular Hbond substituents is 1. The number of amides is 1. The molecule has 0 aliphatic carbocycles. The van der Waals surface area contributed by atoms with Crippen molar-refractivity contribution in [1.29, 1.82) is 0 Å². The molecule has 4 rings (SSSR count). The maximum atomic E-state index is 13.1. The average Bonchev–Trinajstić information content (AvgIpc) is 2.89. The first-order chi connectivity index (χ1) is 16.9. The van der Waals surface area contributed by atoms with E-state index in [-0.39, 0.29) is 17.2 Å². The fourth-order valence-electron chi connectivity index (χ4n) is 3.60. The topological polar surface area (TPSA) is 99.1 Å². The van der Waals surface area contributed by atoms with Gasteiger partial charge in [0.1, 0.15) is 5.75 Å². The lowest BCUT2D eigenvalue weighted by Crippen LogP contribution is -2.31. The van der Waals surface area contributed by atoms with Crippen LogP contribution >= 0.6 is 0 Å². The van der Waals surface area contributed by atoms with Crippen molar-refractivity contribution in [2.45, 2.75) is 4.90 Å². The SMILES string of the molecule is C=CCN(c1ccc(C(=O)N/N=C\c2c(O)ccc3ccccc23)cc1)S(=O)(=O)c1ccccc1. The highest BCUT2D eigenvalue weighted by Crippen LogP contribution is 2.26. The van der Waals surface area contributed by atoms with Crippen LogP contribution in [-0.2, 0) is 10.0 Å². The van der Waals surface area contributed by atoms with Gasteiger partial charge in [-0.2, -0.15) is 5.10 Å². The molecule has 8 heteroatoms. The summed E-state index contributed by atoms with van der Waals surface area (Å²) in [6.45, 7) is 3.73. The highest BCUT2D eigenvalue weighted by molar-refractivity contribution is 7.92. The number of anilines is 1. The number of aromatic hydroxyl groups is 1. The summed E-state index contributed by atoms with van der Waals surface area (Å²) in [7, 11) is -3.80. The van der Waals surface area contributed by atoms with Crippen LogP contribution in [0.4, 0.5) is 5.69 Å². The van der Waals surface area contributed by atoms with E-state index in [4.69, 9.17) is 0 Å². The average molecular weight is 486 g/mol. The number of nitrogens with one attached hydrogen (secondary N) is 1. The molecule has 176 valence electrons. The Kier molecular flexibility index (Phi) is 6.93. The van der Waals surface area contributed by atoms with E-state index in [1.807, 2.05) is 24.3 Å². The monoisotopic (exact) mass is 485 g/mol. The summed E-state index contributed by atoms with van der Waals surface area (Å²) in [5.41, 5.74) is 3.62. The minimum absolute atomic E-state index is 0.0491. The number of hydrazone groups is 1. The van der Waals surface area contributed by atoms with Crippen LogP contribution in [0, 0.1) is 0 Å². The molecule has 0 bridgehead atoms. The lowest BCUT2D eigenvalue weighted by Gasteiger charge is -2.23. The number of sulfonamides is 1. The van der Waals surface area contributed by atoms with Crippen molar-refractivity contribution >= 4 is 38.6 Å². The second-order valence-electron chi connectivity index (χ2n) is 7.60. The van der Waals surface area contributed by atoms with E-state index in [1.54, 1.807) is 42.5 Å². The first-order valence-corrected chi connectivity index (χ1v) is 12.2. The summed E-state index contributed by atoms with van der Waals surface area (Å²) in [5.74, 6) is -0.429. The maximum absolute atomic E-state index is 13.1. The summed E-state index contributed by atoms with van der Waals surface area (Å²) in [6.07, 6.45) is 2.89. The molecule has 0 radical (unpaired) electrons. The fraction of sp³-hybridized carbons (Fsp3) is 0.0370. The first-order valence-electron chi connectivity index (χ1n) is 10.7. The van der Waals surface area contributed by atoms with Crippen molar-refractivity contribution in [3.63, 3.8) is 0 Å². The Morgan fingerprint density at radius 2 is 1.63 bits per heavy atom. The Hall–Kier alpha value is -4.43. The zero-order valence-electron chi connectivity index (χ0n) is 18.7. The third-order valence-electron chi connectivity index (χ3n) is 5.35. The molecule has 0 atom stereocenters. The molecule has 0 aliphatic heterocycles. The zero-order valence-corrected chi connectivity index (χ0v) is 19.5. The number of benzene rings is 4. The summed E-state index contributed by atoms with van der Waals surface area (Å²) in [5, 5.41) is 15.9. The van der Waals surface area contributed by atoms with E-state index in [2.05, 4.69) is 17.1 Å². The number of carbonyl (C=O) groups is 1. The van der Waals surface area contributed by atoms with Gasteiger partial charge in [0.25, 0.3) is 15.9 Å². The maximum Gasteiger partial charge on any atom is 0.271 e. The molecule has 4 aromatic carbocycles. The summed E-state index contributed by atoms with van der Waals surface area (Å²) < 4.78 is 27.4. The van der Waals surface area contributed by atoms with E-state index in [9.17, 15) is 18.3 Å². The van der Waals surface area contributed by atoms with Gasteiger partial charge in [0.05, 0.1) is 23.3 Å². The highest BCUT2D eigenvalue weighted by Gasteiger charge is 2.24. The zero-order chi connectivity index (χ0) is 24.8. The van der Waals surface area contributed by atoms with Crippen LogP contribution in [0.5, 0.6) is 5.75 Å². The van der Waals surface area contributed by atoms with Crippen LogP contribution in [0.2, 0.25) is 0 Å². The number of hydrogen-bond acceptors (Lipinski definition) is 5. The van der Waals surface area contributed by atoms with Gasteiger partial charge in [-0.05, 0) is 53.2 Å². The smallest absolute Gasteiger partial charge is 0.271 e. The predicted octanol–water partition coefficient (Wildman–Crippen LogP) is 4.69. The minimum Gasteiger partial charge on any atom is -0.507 e. The second-order valence-corrected chi connectivity index (χ2v) is 9.47. The summed E-state index contributed by atoms with van der Waals surface area (Å²) >= 11 is 0. The molecule has 0 spiro atoms. The molecule has 7 nitrogen and oxygen atoms in total. The van der Waals surface area contributed by atoms with Crippen LogP contribution in [0.25, 0.3) is 10.8 Å². The molecule has 0 aliphatic rings. The van der Waals surface area contributed by atoms with Crippen molar-refractivity contribution in [2.75, 3.05) is 10.8 Å². The molecular formula is C27H23N3O4S. The minimum atomic E-state index is -3.80. The van der Waals surface area contributed by atoms with Crippen molar-refractivity contribution in [3.8, 4) is 5.75 Å². The third-order valence-corrected chi connectivity index (χ3v) is 7.16. The van der Waals surface area contributed by atoms with Gasteiger partial charge in [-0.25, -0.2) is 13.8 Å². The van der Waals surface area contributed by atoms with Gasteiger partial charge in [-0.1, -0.05) is 54.6 Å². The first kappa shape index (κ1) is 23.7. The van der Waals surface area contributed by atoms with Gasteiger partial charge in [0.15, 0.2) is 0 Å². The van der Waals surface area contributed by atoms with E-state index in [0.29, 0.717) is 16.8 Å². The number of fused-ring (bicyclic) bond motifs is 1. The van der Waals surface area contributed by atoms with Crippen molar-refractivity contribution in [2.24, 2.45) is 5.10 Å². The second kappa shape index (κ2) is 10.2. The molecule has 4 aromatic rings. The van der Waals surface area contributed by atoms with Crippen LogP contribution in [0.3, 0.4) is 0 Å². The van der Waals surface area contributed by atoms with Gasteiger partial charge >= 0.3 is 0 Å². The quantitative estimate of drug-likeness (QED) is 0.215. The number of hydrogen-bond donors (Lipinski definition) is 2. The molecule has 35 heavy (non-hydrogen) atoms. The third kappa shape index (κ3) is 5.07. The Bertz CT molecular complexity index is 1500. The molecule has 0 aromatic heterocycles. The van der Waals surface area contributed by atoms with Crippen LogP contribution < -0.4 is 9.73 Å². The van der Waals surface area contributed by atoms with E-state index >= 15 is 0 Å². The molecular weight excluding hydrogens is 462 g/mol. The Morgan fingerprint density at radius 1 is 0.943 bits per heavy atom.